The molecule has 1 aromatic carbocycles. The highest BCUT2D eigenvalue weighted by atomic mass is 32.2. The molecule has 7 rings (SSSR count). The van der Waals surface area contributed by atoms with Gasteiger partial charge in [0.05, 0.1) is 52.4 Å². The molecule has 10 nitrogen and oxygen atoms in total. The van der Waals surface area contributed by atoms with Crippen molar-refractivity contribution in [2.45, 2.75) is 56.2 Å². The molecule has 2 aromatic heterocycles. The van der Waals surface area contributed by atoms with Gasteiger partial charge in [0.2, 0.25) is 0 Å². The highest BCUT2D eigenvalue weighted by molar-refractivity contribution is 8.08. The molecule has 1 saturated heterocycles. The summed E-state index contributed by atoms with van der Waals surface area (Å²) in [7, 11) is 2.20. The Morgan fingerprint density at radius 2 is 2.09 bits per heavy atom. The number of hydrogen-bond donors (Lipinski definition) is 0. The number of fused-ring (bicyclic) bond motifs is 2. The van der Waals surface area contributed by atoms with E-state index in [9.17, 15) is 14.4 Å². The van der Waals surface area contributed by atoms with Gasteiger partial charge in [-0.25, -0.2) is 4.39 Å². The van der Waals surface area contributed by atoms with Crippen LogP contribution in [0.1, 0.15) is 43.0 Å². The van der Waals surface area contributed by atoms with Crippen LogP contribution in [0, 0.1) is 24.2 Å². The number of nitriles is 1. The van der Waals surface area contributed by atoms with Gasteiger partial charge in [0.15, 0.2) is 5.83 Å². The van der Waals surface area contributed by atoms with Crippen LogP contribution in [-0.4, -0.2) is 80.6 Å². The molecule has 1 amide bonds. The van der Waals surface area contributed by atoms with E-state index in [0.29, 0.717) is 48.9 Å². The van der Waals surface area contributed by atoms with Crippen LogP contribution in [0.4, 0.5) is 15.9 Å². The van der Waals surface area contributed by atoms with Gasteiger partial charge in [0.25, 0.3) is 5.91 Å². The van der Waals surface area contributed by atoms with E-state index < -0.39 is 11.7 Å². The number of hydrogen-bond acceptors (Lipinski definition) is 10. The number of carbonyl (C=O) groups excluding carboxylic acids is 1. The summed E-state index contributed by atoms with van der Waals surface area (Å²) in [6.45, 7) is 11.0. The van der Waals surface area contributed by atoms with Crippen LogP contribution in [0.2, 0.25) is 0 Å². The molecule has 244 valence electrons. The summed E-state index contributed by atoms with van der Waals surface area (Å²) in [4.78, 5) is 35.0. The van der Waals surface area contributed by atoms with Crippen molar-refractivity contribution in [3.05, 3.63) is 71.7 Å². The third-order valence-electron chi connectivity index (χ3n) is 9.83. The molecule has 0 spiro atoms. The SMILES string of the molecule is C=C(F)C(=O)N1CCN(c2nc(OCC3SC3(C)N(C)CC3CC3)nc3c2CCN(c2cncc4cccc(C)c24)C3)C=C1CC#N. The summed E-state index contributed by atoms with van der Waals surface area (Å²) >= 11 is 1.91. The lowest BCUT2D eigenvalue weighted by molar-refractivity contribution is -0.126. The summed E-state index contributed by atoms with van der Waals surface area (Å²) in [6, 6.07) is 8.67. The molecule has 1 aliphatic carbocycles. The van der Waals surface area contributed by atoms with Crippen LogP contribution in [-0.2, 0) is 17.8 Å². The van der Waals surface area contributed by atoms with E-state index in [1.54, 1.807) is 6.20 Å². The van der Waals surface area contributed by atoms with Crippen LogP contribution >= 0.6 is 11.8 Å². The quantitative estimate of drug-likeness (QED) is 0.211. The maximum absolute atomic E-state index is 13.9. The Hall–Kier alpha value is -4.21. The number of ether oxygens (including phenoxy) is 1. The summed E-state index contributed by atoms with van der Waals surface area (Å²) in [5, 5.41) is 12.1. The molecule has 5 heterocycles. The number of amides is 1. The van der Waals surface area contributed by atoms with E-state index in [2.05, 4.69) is 66.5 Å². The number of benzene rings is 1. The normalized spacial score (nSPS) is 22.2. The van der Waals surface area contributed by atoms with Crippen LogP contribution in [0.15, 0.2) is 54.9 Å². The summed E-state index contributed by atoms with van der Waals surface area (Å²) in [5.74, 6) is -0.377. The Balaban J connectivity index is 1.21. The van der Waals surface area contributed by atoms with Crippen molar-refractivity contribution in [2.24, 2.45) is 5.92 Å². The number of rotatable bonds is 10. The zero-order valence-corrected chi connectivity index (χ0v) is 27.9. The molecule has 0 radical (unpaired) electrons. The average molecular weight is 655 g/mol. The van der Waals surface area contributed by atoms with Gasteiger partial charge in [0, 0.05) is 54.9 Å². The topological polar surface area (TPSA) is 102 Å². The van der Waals surface area contributed by atoms with Gasteiger partial charge in [-0.2, -0.15) is 15.2 Å². The number of aromatic nitrogens is 3. The Labute approximate surface area is 278 Å². The highest BCUT2D eigenvalue weighted by Gasteiger charge is 2.55. The molecule has 12 heteroatoms. The van der Waals surface area contributed by atoms with E-state index in [4.69, 9.17) is 14.7 Å². The van der Waals surface area contributed by atoms with Gasteiger partial charge in [-0.15, -0.1) is 11.8 Å². The number of pyridine rings is 1. The Kier molecular flexibility index (Phi) is 8.30. The molecule has 2 atom stereocenters. The van der Waals surface area contributed by atoms with Crippen molar-refractivity contribution in [1.29, 1.82) is 5.26 Å². The first-order valence-corrected chi connectivity index (χ1v) is 17.0. The Morgan fingerprint density at radius 1 is 1.26 bits per heavy atom. The first-order valence-electron chi connectivity index (χ1n) is 16.2. The molecule has 4 aliphatic rings. The molecule has 0 N–H and O–H groups in total. The first kappa shape index (κ1) is 31.4. The summed E-state index contributed by atoms with van der Waals surface area (Å²) in [5.41, 5.74) is 4.51. The van der Waals surface area contributed by atoms with E-state index in [0.717, 1.165) is 41.3 Å². The molecule has 2 fully saturated rings. The third kappa shape index (κ3) is 6.14. The molecule has 3 aliphatic heterocycles. The lowest BCUT2D eigenvalue weighted by Crippen LogP contribution is -2.43. The van der Waals surface area contributed by atoms with Gasteiger partial charge in [0.1, 0.15) is 12.4 Å². The zero-order valence-electron chi connectivity index (χ0n) is 27.1. The van der Waals surface area contributed by atoms with Crippen LogP contribution < -0.4 is 14.5 Å². The average Bonchev–Trinajstić information content (AvgIpc) is 4.00. The maximum Gasteiger partial charge on any atom is 0.318 e. The fourth-order valence-electron chi connectivity index (χ4n) is 6.77. The van der Waals surface area contributed by atoms with Gasteiger partial charge in [-0.3, -0.25) is 14.7 Å². The number of carbonyl (C=O) groups is 1. The fourth-order valence-corrected chi connectivity index (χ4v) is 7.91. The van der Waals surface area contributed by atoms with E-state index in [1.165, 1.54) is 28.7 Å². The molecule has 47 heavy (non-hydrogen) atoms. The summed E-state index contributed by atoms with van der Waals surface area (Å²) < 4.78 is 20.2. The molecule has 0 bridgehead atoms. The second-order valence-electron chi connectivity index (χ2n) is 13.1. The minimum atomic E-state index is -1.05. The predicted molar refractivity (Wildman–Crippen MR) is 182 cm³/mol. The van der Waals surface area contributed by atoms with Gasteiger partial charge in [-0.1, -0.05) is 24.8 Å². The Bertz CT molecular complexity index is 1820. The largest absolute Gasteiger partial charge is 0.462 e. The third-order valence-corrected chi connectivity index (χ3v) is 11.5. The lowest BCUT2D eigenvalue weighted by atomic mass is 10.0. The molecule has 3 aromatic rings. The standard InChI is InChI=1S/C35H39FN8O2S/c1-22-6-5-7-25-16-38-17-29(31(22)25)42-13-11-27-28(20-42)39-34(46-21-30-35(3,47-30)41(4)18-24-8-9-24)40-32(27)43-14-15-44(33(45)23(2)36)26(19-43)10-12-37/h5-7,16-17,19,24,30H,2,8-11,13-15,18,20-21H2,1,3-4H3. The van der Waals surface area contributed by atoms with Gasteiger partial charge >= 0.3 is 6.01 Å². The zero-order chi connectivity index (χ0) is 32.9. The van der Waals surface area contributed by atoms with Gasteiger partial charge in [-0.05, 0) is 51.6 Å². The second kappa shape index (κ2) is 12.4. The molecular formula is C35H39FN8O2S. The number of aryl methyl sites for hydroxylation is 1. The van der Waals surface area contributed by atoms with Crippen molar-refractivity contribution >= 4 is 39.9 Å². The van der Waals surface area contributed by atoms with Crippen molar-refractivity contribution in [3.8, 4) is 12.1 Å². The number of allylic oxidation sites excluding steroid dienone is 1. The van der Waals surface area contributed by atoms with Crippen molar-refractivity contribution in [2.75, 3.05) is 49.6 Å². The number of halogens is 1. The molecule has 1 saturated carbocycles. The fraction of sp³-hybridized carbons (Fsp3) is 0.457. The number of anilines is 2. The van der Waals surface area contributed by atoms with E-state index in [1.807, 2.05) is 29.1 Å². The monoisotopic (exact) mass is 654 g/mol. The first-order chi connectivity index (χ1) is 22.7. The Morgan fingerprint density at radius 3 is 2.85 bits per heavy atom. The lowest BCUT2D eigenvalue weighted by Gasteiger charge is -2.36. The molecule has 2 unspecified atom stereocenters. The van der Waals surface area contributed by atoms with Crippen LogP contribution in [0.3, 0.4) is 0 Å². The molecular weight excluding hydrogens is 616 g/mol. The van der Waals surface area contributed by atoms with E-state index >= 15 is 0 Å². The minimum absolute atomic E-state index is 0.0356. The van der Waals surface area contributed by atoms with Gasteiger partial charge < -0.3 is 19.4 Å². The van der Waals surface area contributed by atoms with Crippen molar-refractivity contribution in [3.63, 3.8) is 0 Å². The van der Waals surface area contributed by atoms with Crippen molar-refractivity contribution < 1.29 is 13.9 Å². The minimum Gasteiger partial charge on any atom is -0.462 e. The second-order valence-corrected chi connectivity index (χ2v) is 14.7. The number of nitrogens with zero attached hydrogens (tertiary/aromatic N) is 8. The van der Waals surface area contributed by atoms with Crippen molar-refractivity contribution in [1.82, 2.24) is 24.8 Å². The van der Waals surface area contributed by atoms with E-state index in [-0.39, 0.29) is 17.8 Å². The smallest absolute Gasteiger partial charge is 0.318 e. The maximum atomic E-state index is 13.9. The summed E-state index contributed by atoms with van der Waals surface area (Å²) in [6.07, 6.45) is 8.81. The highest BCUT2D eigenvalue weighted by Crippen LogP contribution is 2.55. The van der Waals surface area contributed by atoms with Crippen LogP contribution in [0.25, 0.3) is 10.8 Å². The van der Waals surface area contributed by atoms with Crippen LogP contribution in [0.5, 0.6) is 6.01 Å². The predicted octanol–water partition coefficient (Wildman–Crippen LogP) is 5.34. The number of thioether (sulfide) groups is 1.